The number of nitrogens with one attached hydrogen (secondary N) is 1. The zero-order chi connectivity index (χ0) is 23.8. The van der Waals surface area contributed by atoms with E-state index in [-0.39, 0.29) is 0 Å². The van der Waals surface area contributed by atoms with Gasteiger partial charge < -0.3 is 21.3 Å². The van der Waals surface area contributed by atoms with Gasteiger partial charge in [0.25, 0.3) is 0 Å². The molecule has 3 aromatic rings. The Bertz CT molecular complexity index is 1050. The van der Waals surface area contributed by atoms with Gasteiger partial charge in [-0.3, -0.25) is 0 Å². The average Bonchev–Trinajstić information content (AvgIpc) is 2.79. The second-order valence-corrected chi connectivity index (χ2v) is 8.81. The maximum atomic E-state index is 11.5. The van der Waals surface area contributed by atoms with Crippen LogP contribution in [0.4, 0.5) is 5.82 Å². The number of aromatic nitrogens is 1. The molecule has 0 saturated heterocycles. The molecule has 0 spiro atoms. The number of aliphatic hydroxyl groups excluding tert-OH is 1. The Kier molecular flexibility index (Phi) is 8.58. The summed E-state index contributed by atoms with van der Waals surface area (Å²) < 4.78 is 0. The van der Waals surface area contributed by atoms with Crippen molar-refractivity contribution in [1.82, 2.24) is 10.3 Å². The lowest BCUT2D eigenvalue weighted by Crippen LogP contribution is -2.23. The van der Waals surface area contributed by atoms with Crippen molar-refractivity contribution in [3.8, 4) is 11.1 Å². The van der Waals surface area contributed by atoms with Crippen LogP contribution >= 0.6 is 0 Å². The number of hydrogen-bond acceptors (Lipinski definition) is 5. The van der Waals surface area contributed by atoms with Crippen LogP contribution < -0.4 is 11.1 Å². The second kappa shape index (κ2) is 11.6. The number of carboxylic acid groups (broad SMARTS) is 1. The van der Waals surface area contributed by atoms with Crippen molar-refractivity contribution < 1.29 is 15.0 Å². The van der Waals surface area contributed by atoms with Crippen LogP contribution in [0.3, 0.4) is 0 Å². The number of nitrogens with zero attached hydrogens (tertiary/aromatic N) is 1. The van der Waals surface area contributed by atoms with Crippen LogP contribution in [0.1, 0.15) is 53.4 Å². The fourth-order valence-corrected chi connectivity index (χ4v) is 3.84. The van der Waals surface area contributed by atoms with Crippen molar-refractivity contribution in [3.63, 3.8) is 0 Å². The molecule has 0 aliphatic rings. The number of benzene rings is 2. The SMILES string of the molecule is CC(C)Cc1cc(-c2ccc(CCCNC[C@H](O)c3ccc(N)nc3)cc2)ccc1C(=O)O. The van der Waals surface area contributed by atoms with E-state index in [9.17, 15) is 15.0 Å². The summed E-state index contributed by atoms with van der Waals surface area (Å²) in [5.41, 5.74) is 10.9. The first-order valence-corrected chi connectivity index (χ1v) is 11.4. The summed E-state index contributed by atoms with van der Waals surface area (Å²) in [7, 11) is 0. The molecule has 0 amide bonds. The molecule has 0 saturated carbocycles. The second-order valence-electron chi connectivity index (χ2n) is 8.81. The molecular formula is C27H33N3O3. The maximum absolute atomic E-state index is 11.5. The summed E-state index contributed by atoms with van der Waals surface area (Å²) in [6.07, 6.45) is 3.63. The van der Waals surface area contributed by atoms with Gasteiger partial charge in [-0.1, -0.05) is 56.3 Å². The van der Waals surface area contributed by atoms with Crippen molar-refractivity contribution in [1.29, 1.82) is 0 Å². The quantitative estimate of drug-likeness (QED) is 0.323. The fraction of sp³-hybridized carbons (Fsp3) is 0.333. The van der Waals surface area contributed by atoms with Crippen LogP contribution in [0.2, 0.25) is 0 Å². The minimum Gasteiger partial charge on any atom is -0.478 e. The molecule has 6 nitrogen and oxygen atoms in total. The van der Waals surface area contributed by atoms with Gasteiger partial charge in [-0.05, 0) is 66.1 Å². The number of nitrogen functional groups attached to an aromatic ring is 1. The van der Waals surface area contributed by atoms with Gasteiger partial charge in [-0.2, -0.15) is 0 Å². The van der Waals surface area contributed by atoms with Gasteiger partial charge in [0.15, 0.2) is 0 Å². The topological polar surface area (TPSA) is 108 Å². The monoisotopic (exact) mass is 447 g/mol. The predicted molar refractivity (Wildman–Crippen MR) is 132 cm³/mol. The van der Waals surface area contributed by atoms with E-state index >= 15 is 0 Å². The molecule has 0 aliphatic carbocycles. The number of carboxylic acids is 1. The number of aryl methyl sites for hydroxylation is 1. The average molecular weight is 448 g/mol. The molecule has 1 aromatic heterocycles. The van der Waals surface area contributed by atoms with Crippen molar-refractivity contribution in [2.75, 3.05) is 18.8 Å². The van der Waals surface area contributed by atoms with E-state index in [1.165, 1.54) is 5.56 Å². The third kappa shape index (κ3) is 7.14. The minimum absolute atomic E-state index is 0.384. The number of aliphatic hydroxyl groups is 1. The Labute approximate surface area is 195 Å². The Hall–Kier alpha value is -3.22. The zero-order valence-corrected chi connectivity index (χ0v) is 19.3. The lowest BCUT2D eigenvalue weighted by Gasteiger charge is -2.13. The van der Waals surface area contributed by atoms with Crippen LogP contribution in [0.25, 0.3) is 11.1 Å². The summed E-state index contributed by atoms with van der Waals surface area (Å²) >= 11 is 0. The van der Waals surface area contributed by atoms with Crippen molar-refractivity contribution in [3.05, 3.63) is 83.0 Å². The number of pyridine rings is 1. The Morgan fingerprint density at radius 1 is 1.06 bits per heavy atom. The summed E-state index contributed by atoms with van der Waals surface area (Å²) in [6.45, 7) is 5.46. The lowest BCUT2D eigenvalue weighted by molar-refractivity contribution is 0.0695. The van der Waals surface area contributed by atoms with Gasteiger partial charge in [0, 0.05) is 18.3 Å². The highest BCUT2D eigenvalue weighted by atomic mass is 16.4. The lowest BCUT2D eigenvalue weighted by atomic mass is 9.93. The first kappa shape index (κ1) is 24.4. The van der Waals surface area contributed by atoms with Gasteiger partial charge in [-0.15, -0.1) is 0 Å². The van der Waals surface area contributed by atoms with Gasteiger partial charge in [0.05, 0.1) is 11.7 Å². The van der Waals surface area contributed by atoms with Gasteiger partial charge >= 0.3 is 5.97 Å². The number of rotatable bonds is 11. The molecule has 33 heavy (non-hydrogen) atoms. The number of anilines is 1. The zero-order valence-electron chi connectivity index (χ0n) is 19.3. The molecule has 5 N–H and O–H groups in total. The predicted octanol–water partition coefficient (Wildman–Crippen LogP) is 4.48. The standard InChI is InChI=1S/C27H33N3O3/c1-18(2)14-23-15-21(9-11-24(23)27(32)33)20-7-5-19(6-8-20)4-3-13-29-17-25(31)22-10-12-26(28)30-16-22/h5-12,15-16,18,25,29,31H,3-4,13-14,17H2,1-2H3,(H2,28,30)(H,32,33)/t25-/m0/s1. The van der Waals surface area contributed by atoms with E-state index in [0.717, 1.165) is 48.1 Å². The van der Waals surface area contributed by atoms with E-state index in [2.05, 4.69) is 48.4 Å². The molecule has 0 unspecified atom stereocenters. The number of hydrogen-bond donors (Lipinski definition) is 4. The molecule has 3 rings (SSSR count). The Balaban J connectivity index is 1.51. The van der Waals surface area contributed by atoms with E-state index in [0.29, 0.717) is 23.8 Å². The Morgan fingerprint density at radius 3 is 2.42 bits per heavy atom. The number of aromatic carboxylic acids is 1. The van der Waals surface area contributed by atoms with Crippen molar-refractivity contribution in [2.24, 2.45) is 5.92 Å². The molecule has 174 valence electrons. The van der Waals surface area contributed by atoms with Crippen molar-refractivity contribution >= 4 is 11.8 Å². The summed E-state index contributed by atoms with van der Waals surface area (Å²) in [6, 6.07) is 17.5. The summed E-state index contributed by atoms with van der Waals surface area (Å²) in [4.78, 5) is 15.5. The molecule has 2 aromatic carbocycles. The molecule has 0 fully saturated rings. The minimum atomic E-state index is -0.876. The molecule has 0 bridgehead atoms. The van der Waals surface area contributed by atoms with Crippen LogP contribution in [-0.2, 0) is 12.8 Å². The molecule has 6 heteroatoms. The first-order chi connectivity index (χ1) is 15.8. The van der Waals surface area contributed by atoms with Crippen LogP contribution in [0, 0.1) is 5.92 Å². The third-order valence-electron chi connectivity index (χ3n) is 5.60. The van der Waals surface area contributed by atoms with Crippen LogP contribution in [0.5, 0.6) is 0 Å². The number of carbonyl (C=O) groups is 1. The molecule has 1 heterocycles. The molecular weight excluding hydrogens is 414 g/mol. The van der Waals surface area contributed by atoms with E-state index in [1.807, 2.05) is 12.1 Å². The largest absolute Gasteiger partial charge is 0.478 e. The van der Waals surface area contributed by atoms with E-state index < -0.39 is 12.1 Å². The third-order valence-corrected chi connectivity index (χ3v) is 5.60. The van der Waals surface area contributed by atoms with Crippen LogP contribution in [-0.4, -0.2) is 34.3 Å². The molecule has 0 radical (unpaired) electrons. The van der Waals surface area contributed by atoms with Gasteiger partial charge in [-0.25, -0.2) is 9.78 Å². The van der Waals surface area contributed by atoms with Gasteiger partial charge in [0.2, 0.25) is 0 Å². The normalized spacial score (nSPS) is 12.1. The fourth-order valence-electron chi connectivity index (χ4n) is 3.84. The van der Waals surface area contributed by atoms with E-state index in [4.69, 9.17) is 5.73 Å². The molecule has 0 aliphatic heterocycles. The van der Waals surface area contributed by atoms with Crippen LogP contribution in [0.15, 0.2) is 60.8 Å². The summed E-state index contributed by atoms with van der Waals surface area (Å²) in [5, 5.41) is 23.0. The van der Waals surface area contributed by atoms with Gasteiger partial charge in [0.1, 0.15) is 5.82 Å². The highest BCUT2D eigenvalue weighted by Gasteiger charge is 2.13. The first-order valence-electron chi connectivity index (χ1n) is 11.4. The van der Waals surface area contributed by atoms with E-state index in [1.54, 1.807) is 24.4 Å². The smallest absolute Gasteiger partial charge is 0.335 e. The highest BCUT2D eigenvalue weighted by molar-refractivity contribution is 5.90. The highest BCUT2D eigenvalue weighted by Crippen LogP contribution is 2.25. The summed E-state index contributed by atoms with van der Waals surface area (Å²) in [5.74, 6) is -0.0457. The molecule has 1 atom stereocenters. The van der Waals surface area contributed by atoms with Crippen molar-refractivity contribution in [2.45, 2.75) is 39.2 Å². The maximum Gasteiger partial charge on any atom is 0.335 e. The Morgan fingerprint density at radius 2 is 1.79 bits per heavy atom. The number of nitrogens with two attached hydrogens (primary N) is 1.